The first-order chi connectivity index (χ1) is 11.3. The molecular weight excluding hydrogens is 282 g/mol. The number of benzene rings is 2. The quantitative estimate of drug-likeness (QED) is 0.607. The van der Waals surface area contributed by atoms with Crippen LogP contribution in [0.15, 0.2) is 73.3 Å². The summed E-state index contributed by atoms with van der Waals surface area (Å²) in [4.78, 5) is 12.0. The zero-order valence-corrected chi connectivity index (χ0v) is 12.9. The van der Waals surface area contributed by atoms with Gasteiger partial charge in [0.1, 0.15) is 0 Å². The number of H-pyrrole nitrogens is 1. The highest BCUT2D eigenvalue weighted by atomic mass is 14.9. The number of nitrogens with one attached hydrogen (secondary N) is 1. The van der Waals surface area contributed by atoms with Crippen LogP contribution in [0.5, 0.6) is 0 Å². The van der Waals surface area contributed by atoms with Crippen LogP contribution in [0.4, 0.5) is 0 Å². The van der Waals surface area contributed by atoms with Gasteiger partial charge in [0, 0.05) is 23.5 Å². The minimum atomic E-state index is 0.117. The first kappa shape index (κ1) is 13.7. The van der Waals surface area contributed by atoms with E-state index >= 15 is 0 Å². The molecule has 0 aliphatic heterocycles. The van der Waals surface area contributed by atoms with Crippen molar-refractivity contribution in [2.24, 2.45) is 0 Å². The second kappa shape index (κ2) is 5.69. The van der Waals surface area contributed by atoms with Gasteiger partial charge in [0.15, 0.2) is 0 Å². The normalized spacial score (nSPS) is 12.4. The average Bonchev–Trinajstić information content (AvgIpc) is 3.11. The van der Waals surface area contributed by atoms with Gasteiger partial charge in [0.25, 0.3) is 0 Å². The van der Waals surface area contributed by atoms with E-state index < -0.39 is 0 Å². The summed E-state index contributed by atoms with van der Waals surface area (Å²) in [5.41, 5.74) is 5.85. The van der Waals surface area contributed by atoms with Crippen LogP contribution in [0.1, 0.15) is 28.3 Å². The van der Waals surface area contributed by atoms with Gasteiger partial charge in [-0.05, 0) is 30.2 Å². The molecule has 0 aliphatic carbocycles. The number of fused-ring (bicyclic) bond motifs is 1. The number of hydrogen-bond donors (Lipinski definition) is 1. The zero-order chi connectivity index (χ0) is 15.6. The summed E-state index contributed by atoms with van der Waals surface area (Å²) in [6.07, 6.45) is 5.48. The van der Waals surface area contributed by atoms with Gasteiger partial charge in [-0.25, -0.2) is 4.98 Å². The van der Waals surface area contributed by atoms with Gasteiger partial charge >= 0.3 is 0 Å². The van der Waals surface area contributed by atoms with Gasteiger partial charge < -0.3 is 4.98 Å². The summed E-state index contributed by atoms with van der Waals surface area (Å²) in [5, 5.41) is 1.18. The molecule has 23 heavy (non-hydrogen) atoms. The predicted octanol–water partition coefficient (Wildman–Crippen LogP) is 4.45. The monoisotopic (exact) mass is 299 g/mol. The van der Waals surface area contributed by atoms with Crippen molar-refractivity contribution in [3.63, 3.8) is 0 Å². The molecule has 1 N–H and O–H groups in total. The van der Waals surface area contributed by atoms with Gasteiger partial charge in [-0.3, -0.25) is 4.98 Å². The van der Waals surface area contributed by atoms with Gasteiger partial charge in [0.05, 0.1) is 17.8 Å². The minimum Gasteiger partial charge on any atom is -0.348 e. The van der Waals surface area contributed by atoms with Crippen LogP contribution in [0.3, 0.4) is 0 Å². The van der Waals surface area contributed by atoms with Gasteiger partial charge in [-0.1, -0.05) is 48.0 Å². The largest absolute Gasteiger partial charge is 0.348 e. The molecule has 0 aliphatic rings. The number of nitrogens with zero attached hydrogens (tertiary/aromatic N) is 2. The Morgan fingerprint density at radius 2 is 1.83 bits per heavy atom. The molecule has 0 saturated carbocycles. The van der Waals surface area contributed by atoms with Crippen LogP contribution in [0.2, 0.25) is 0 Å². The molecule has 0 spiro atoms. The maximum Gasteiger partial charge on any atom is 0.0922 e. The molecular formula is C20H17N3. The summed E-state index contributed by atoms with van der Waals surface area (Å²) in [7, 11) is 0. The van der Waals surface area contributed by atoms with E-state index in [4.69, 9.17) is 0 Å². The van der Waals surface area contributed by atoms with E-state index in [1.54, 1.807) is 6.33 Å². The molecule has 0 fully saturated rings. The molecule has 0 bridgehead atoms. The SMILES string of the molecule is Cc1ccc(C(c2cnc[nH]2)c2cccc3ncccc23)cc1. The van der Waals surface area contributed by atoms with E-state index in [1.165, 1.54) is 22.1 Å². The Balaban J connectivity index is 1.96. The third kappa shape index (κ3) is 2.50. The second-order valence-corrected chi connectivity index (χ2v) is 5.77. The first-order valence-corrected chi connectivity index (χ1v) is 7.71. The molecule has 0 saturated heterocycles. The Kier molecular flexibility index (Phi) is 3.39. The topological polar surface area (TPSA) is 41.6 Å². The van der Waals surface area contributed by atoms with E-state index in [2.05, 4.69) is 70.4 Å². The molecule has 112 valence electrons. The second-order valence-electron chi connectivity index (χ2n) is 5.77. The molecule has 2 aromatic heterocycles. The number of aromatic amines is 1. The molecule has 0 amide bonds. The summed E-state index contributed by atoms with van der Waals surface area (Å²) in [6.45, 7) is 2.11. The fourth-order valence-corrected chi connectivity index (χ4v) is 3.09. The van der Waals surface area contributed by atoms with Gasteiger partial charge in [-0.2, -0.15) is 0 Å². The molecule has 0 radical (unpaired) electrons. The van der Waals surface area contributed by atoms with Crippen molar-refractivity contribution in [2.45, 2.75) is 12.8 Å². The van der Waals surface area contributed by atoms with Crippen molar-refractivity contribution in [1.29, 1.82) is 0 Å². The van der Waals surface area contributed by atoms with Gasteiger partial charge in [-0.15, -0.1) is 0 Å². The zero-order valence-electron chi connectivity index (χ0n) is 12.9. The van der Waals surface area contributed by atoms with E-state index in [1.807, 2.05) is 18.5 Å². The highest BCUT2D eigenvalue weighted by Gasteiger charge is 2.20. The van der Waals surface area contributed by atoms with Crippen molar-refractivity contribution < 1.29 is 0 Å². The fraction of sp³-hybridized carbons (Fsp3) is 0.100. The van der Waals surface area contributed by atoms with E-state index in [0.29, 0.717) is 0 Å². The third-order valence-corrected chi connectivity index (χ3v) is 4.23. The standard InChI is InChI=1S/C20H17N3/c1-14-7-9-15(10-8-14)20(19-12-21-13-23-19)17-4-2-6-18-16(17)5-3-11-22-18/h2-13,20H,1H3,(H,21,23). The number of aryl methyl sites for hydroxylation is 1. The van der Waals surface area contributed by atoms with Crippen LogP contribution < -0.4 is 0 Å². The molecule has 3 heteroatoms. The highest BCUT2D eigenvalue weighted by Crippen LogP contribution is 2.34. The fourth-order valence-electron chi connectivity index (χ4n) is 3.09. The molecule has 4 rings (SSSR count). The van der Waals surface area contributed by atoms with Crippen molar-refractivity contribution >= 4 is 10.9 Å². The number of pyridine rings is 1. The lowest BCUT2D eigenvalue weighted by Crippen LogP contribution is -2.05. The maximum absolute atomic E-state index is 4.49. The molecule has 2 heterocycles. The molecule has 1 unspecified atom stereocenters. The van der Waals surface area contributed by atoms with E-state index in [-0.39, 0.29) is 5.92 Å². The van der Waals surface area contributed by atoms with Crippen LogP contribution >= 0.6 is 0 Å². The van der Waals surface area contributed by atoms with Crippen LogP contribution in [0, 0.1) is 6.92 Å². The van der Waals surface area contributed by atoms with Gasteiger partial charge in [0.2, 0.25) is 0 Å². The number of aromatic nitrogens is 3. The van der Waals surface area contributed by atoms with Crippen molar-refractivity contribution in [1.82, 2.24) is 15.0 Å². The van der Waals surface area contributed by atoms with Crippen molar-refractivity contribution in [3.8, 4) is 0 Å². The Hall–Kier alpha value is -2.94. The molecule has 3 nitrogen and oxygen atoms in total. The van der Waals surface area contributed by atoms with Crippen LogP contribution in [-0.2, 0) is 0 Å². The summed E-state index contributed by atoms with van der Waals surface area (Å²) in [5.74, 6) is 0.117. The minimum absolute atomic E-state index is 0.117. The molecule has 1 atom stereocenters. The lowest BCUT2D eigenvalue weighted by Gasteiger charge is -2.18. The van der Waals surface area contributed by atoms with Crippen molar-refractivity contribution in [3.05, 3.63) is 95.7 Å². The first-order valence-electron chi connectivity index (χ1n) is 7.71. The van der Waals surface area contributed by atoms with Crippen LogP contribution in [0.25, 0.3) is 10.9 Å². The Bertz CT molecular complexity index is 919. The maximum atomic E-state index is 4.49. The third-order valence-electron chi connectivity index (χ3n) is 4.23. The Morgan fingerprint density at radius 1 is 0.957 bits per heavy atom. The van der Waals surface area contributed by atoms with Crippen LogP contribution in [-0.4, -0.2) is 15.0 Å². The lowest BCUT2D eigenvalue weighted by atomic mass is 9.86. The molecule has 4 aromatic rings. The Labute approximate surface area is 135 Å². The number of hydrogen-bond acceptors (Lipinski definition) is 2. The Morgan fingerprint density at radius 3 is 2.61 bits per heavy atom. The number of imidazole rings is 1. The molecule has 2 aromatic carbocycles. The summed E-state index contributed by atoms with van der Waals surface area (Å²) >= 11 is 0. The van der Waals surface area contributed by atoms with E-state index in [0.717, 1.165) is 11.2 Å². The number of rotatable bonds is 3. The average molecular weight is 299 g/mol. The summed E-state index contributed by atoms with van der Waals surface area (Å²) in [6, 6.07) is 19.1. The summed E-state index contributed by atoms with van der Waals surface area (Å²) < 4.78 is 0. The van der Waals surface area contributed by atoms with Crippen molar-refractivity contribution in [2.75, 3.05) is 0 Å². The smallest absolute Gasteiger partial charge is 0.0922 e. The highest BCUT2D eigenvalue weighted by molar-refractivity contribution is 5.83. The van der Waals surface area contributed by atoms with E-state index in [9.17, 15) is 0 Å². The predicted molar refractivity (Wildman–Crippen MR) is 92.5 cm³/mol. The lowest BCUT2D eigenvalue weighted by molar-refractivity contribution is 0.941.